The van der Waals surface area contributed by atoms with Crippen LogP contribution in [0.2, 0.25) is 0 Å². The van der Waals surface area contributed by atoms with E-state index in [0.717, 1.165) is 48.9 Å². The Morgan fingerprint density at radius 1 is 1.17 bits per heavy atom. The first-order chi connectivity index (χ1) is 13.9. The molecule has 8 nitrogen and oxygen atoms in total. The SMILES string of the molecule is Cc1cc(C)n2nc(C)c(C(=O)NCc3cccnc3N3CCN(C)CC3)c2n1. The third kappa shape index (κ3) is 3.80. The molecule has 0 spiro atoms. The number of anilines is 1. The maximum Gasteiger partial charge on any atom is 0.257 e. The van der Waals surface area contributed by atoms with Crippen LogP contribution < -0.4 is 10.2 Å². The number of nitrogens with zero attached hydrogens (tertiary/aromatic N) is 6. The summed E-state index contributed by atoms with van der Waals surface area (Å²) < 4.78 is 1.73. The minimum atomic E-state index is -0.164. The lowest BCUT2D eigenvalue weighted by atomic mass is 10.2. The van der Waals surface area contributed by atoms with Crippen molar-refractivity contribution in [3.63, 3.8) is 0 Å². The van der Waals surface area contributed by atoms with Crippen LogP contribution in [0.4, 0.5) is 5.82 Å². The van der Waals surface area contributed by atoms with Crippen molar-refractivity contribution in [2.24, 2.45) is 0 Å². The second kappa shape index (κ2) is 7.79. The molecule has 29 heavy (non-hydrogen) atoms. The maximum atomic E-state index is 13.0. The predicted molar refractivity (Wildman–Crippen MR) is 112 cm³/mol. The molecule has 1 N–H and O–H groups in total. The molecule has 0 bridgehead atoms. The summed E-state index contributed by atoms with van der Waals surface area (Å²) in [6, 6.07) is 5.89. The Labute approximate surface area is 170 Å². The van der Waals surface area contributed by atoms with E-state index < -0.39 is 0 Å². The number of pyridine rings is 1. The highest BCUT2D eigenvalue weighted by Gasteiger charge is 2.21. The van der Waals surface area contributed by atoms with Crippen LogP contribution in [0.3, 0.4) is 0 Å². The fourth-order valence-corrected chi connectivity index (χ4v) is 3.83. The van der Waals surface area contributed by atoms with E-state index in [1.54, 1.807) is 4.52 Å². The van der Waals surface area contributed by atoms with Crippen molar-refractivity contribution in [3.05, 3.63) is 52.6 Å². The van der Waals surface area contributed by atoms with Crippen molar-refractivity contribution >= 4 is 17.4 Å². The van der Waals surface area contributed by atoms with E-state index in [4.69, 9.17) is 0 Å². The van der Waals surface area contributed by atoms with Gasteiger partial charge in [0.25, 0.3) is 5.91 Å². The number of amides is 1. The van der Waals surface area contributed by atoms with Gasteiger partial charge in [-0.1, -0.05) is 6.07 Å². The molecule has 3 aromatic heterocycles. The minimum Gasteiger partial charge on any atom is -0.354 e. The van der Waals surface area contributed by atoms with Crippen LogP contribution in [-0.2, 0) is 6.54 Å². The topological polar surface area (TPSA) is 78.7 Å². The van der Waals surface area contributed by atoms with Crippen molar-refractivity contribution in [3.8, 4) is 0 Å². The molecule has 0 radical (unpaired) electrons. The van der Waals surface area contributed by atoms with Crippen LogP contribution in [0, 0.1) is 20.8 Å². The average Bonchev–Trinajstić information content (AvgIpc) is 3.03. The number of aromatic nitrogens is 4. The van der Waals surface area contributed by atoms with Gasteiger partial charge in [0, 0.05) is 55.9 Å². The molecule has 1 amide bonds. The monoisotopic (exact) mass is 393 g/mol. The fraction of sp³-hybridized carbons (Fsp3) is 0.429. The second-order valence-corrected chi connectivity index (χ2v) is 7.69. The Balaban J connectivity index is 1.56. The van der Waals surface area contributed by atoms with Crippen molar-refractivity contribution in [1.29, 1.82) is 0 Å². The highest BCUT2D eigenvalue weighted by Crippen LogP contribution is 2.20. The molecule has 1 saturated heterocycles. The maximum absolute atomic E-state index is 13.0. The third-order valence-electron chi connectivity index (χ3n) is 5.41. The third-order valence-corrected chi connectivity index (χ3v) is 5.41. The van der Waals surface area contributed by atoms with E-state index in [1.807, 2.05) is 45.2 Å². The summed E-state index contributed by atoms with van der Waals surface area (Å²) in [5.41, 5.74) is 4.65. The Morgan fingerprint density at radius 2 is 1.93 bits per heavy atom. The molecule has 8 heteroatoms. The number of nitrogens with one attached hydrogen (secondary N) is 1. The molecule has 0 atom stereocenters. The molecule has 0 aliphatic carbocycles. The number of piperazine rings is 1. The first-order valence-corrected chi connectivity index (χ1v) is 9.93. The highest BCUT2D eigenvalue weighted by atomic mass is 16.1. The fourth-order valence-electron chi connectivity index (χ4n) is 3.83. The lowest BCUT2D eigenvalue weighted by Crippen LogP contribution is -2.45. The van der Waals surface area contributed by atoms with Gasteiger partial charge in [0.05, 0.1) is 5.69 Å². The van der Waals surface area contributed by atoms with Gasteiger partial charge in [-0.15, -0.1) is 0 Å². The minimum absolute atomic E-state index is 0.164. The number of aryl methyl sites for hydroxylation is 3. The summed E-state index contributed by atoms with van der Waals surface area (Å²) in [5, 5.41) is 7.55. The van der Waals surface area contributed by atoms with Crippen molar-refractivity contribution in [2.75, 3.05) is 38.1 Å². The van der Waals surface area contributed by atoms with E-state index in [9.17, 15) is 4.79 Å². The van der Waals surface area contributed by atoms with Crippen molar-refractivity contribution in [2.45, 2.75) is 27.3 Å². The van der Waals surface area contributed by atoms with Crippen molar-refractivity contribution < 1.29 is 4.79 Å². The zero-order valence-corrected chi connectivity index (χ0v) is 17.4. The number of hydrogen-bond donors (Lipinski definition) is 1. The van der Waals surface area contributed by atoms with Crippen LogP contribution in [0.1, 0.15) is 33.0 Å². The van der Waals surface area contributed by atoms with E-state index in [2.05, 4.69) is 37.2 Å². The summed E-state index contributed by atoms with van der Waals surface area (Å²) in [5.74, 6) is 0.783. The van der Waals surface area contributed by atoms with E-state index in [-0.39, 0.29) is 5.91 Å². The van der Waals surface area contributed by atoms with Crippen molar-refractivity contribution in [1.82, 2.24) is 29.8 Å². The summed E-state index contributed by atoms with van der Waals surface area (Å²) in [6.45, 7) is 10.0. The van der Waals surface area contributed by atoms with Gasteiger partial charge in [-0.3, -0.25) is 4.79 Å². The number of carbonyl (C=O) groups excluding carboxylic acids is 1. The average molecular weight is 393 g/mol. The van der Waals surface area contributed by atoms with Crippen LogP contribution in [0.25, 0.3) is 5.65 Å². The molecule has 0 aromatic carbocycles. The molecular weight excluding hydrogens is 366 g/mol. The van der Waals surface area contributed by atoms with E-state index in [0.29, 0.717) is 23.4 Å². The van der Waals surface area contributed by atoms with Crippen LogP contribution in [0.5, 0.6) is 0 Å². The summed E-state index contributed by atoms with van der Waals surface area (Å²) >= 11 is 0. The van der Waals surface area contributed by atoms with Gasteiger partial charge in [-0.25, -0.2) is 14.5 Å². The van der Waals surface area contributed by atoms with Gasteiger partial charge in [0.2, 0.25) is 0 Å². The molecule has 1 aliphatic rings. The molecule has 152 valence electrons. The largest absolute Gasteiger partial charge is 0.354 e. The van der Waals surface area contributed by atoms with Crippen LogP contribution >= 0.6 is 0 Å². The lowest BCUT2D eigenvalue weighted by molar-refractivity contribution is 0.0952. The molecule has 4 rings (SSSR count). The van der Waals surface area contributed by atoms with Gasteiger partial charge < -0.3 is 15.1 Å². The molecule has 1 aliphatic heterocycles. The smallest absolute Gasteiger partial charge is 0.257 e. The molecule has 1 fully saturated rings. The standard InChI is InChI=1S/C21H27N7O/c1-14-12-15(2)28-20(24-14)18(16(3)25-28)21(29)23-13-17-6-5-7-22-19(17)27-10-8-26(4)9-11-27/h5-7,12H,8-11,13H2,1-4H3,(H,23,29). The predicted octanol–water partition coefficient (Wildman–Crippen LogP) is 1.73. The van der Waals surface area contributed by atoms with Gasteiger partial charge in [0.15, 0.2) is 5.65 Å². The first kappa shape index (κ1) is 19.3. The zero-order chi connectivity index (χ0) is 20.5. The molecule has 4 heterocycles. The Hall–Kier alpha value is -3.00. The Kier molecular flexibility index (Phi) is 5.19. The second-order valence-electron chi connectivity index (χ2n) is 7.69. The number of fused-ring (bicyclic) bond motifs is 1. The Morgan fingerprint density at radius 3 is 2.69 bits per heavy atom. The summed E-state index contributed by atoms with van der Waals surface area (Å²) in [7, 11) is 2.13. The number of rotatable bonds is 4. The lowest BCUT2D eigenvalue weighted by Gasteiger charge is -2.34. The number of hydrogen-bond acceptors (Lipinski definition) is 6. The normalized spacial score (nSPS) is 15.1. The zero-order valence-electron chi connectivity index (χ0n) is 17.4. The number of carbonyl (C=O) groups is 1. The molecular formula is C21H27N7O. The van der Waals surface area contributed by atoms with Gasteiger partial charge >= 0.3 is 0 Å². The number of likely N-dealkylation sites (N-methyl/N-ethyl adjacent to an activating group) is 1. The van der Waals surface area contributed by atoms with Gasteiger partial charge in [0.1, 0.15) is 11.4 Å². The van der Waals surface area contributed by atoms with Gasteiger partial charge in [-0.2, -0.15) is 5.10 Å². The van der Waals surface area contributed by atoms with Crippen LogP contribution in [0.15, 0.2) is 24.4 Å². The Bertz CT molecular complexity index is 1050. The quantitative estimate of drug-likeness (QED) is 0.727. The molecule has 0 unspecified atom stereocenters. The highest BCUT2D eigenvalue weighted by molar-refractivity contribution is 6.01. The molecule has 3 aromatic rings. The van der Waals surface area contributed by atoms with Crippen LogP contribution in [-0.4, -0.2) is 63.6 Å². The molecule has 0 saturated carbocycles. The summed E-state index contributed by atoms with van der Waals surface area (Å²) in [6.07, 6.45) is 1.81. The van der Waals surface area contributed by atoms with E-state index >= 15 is 0 Å². The van der Waals surface area contributed by atoms with Gasteiger partial charge in [-0.05, 0) is 40.0 Å². The van der Waals surface area contributed by atoms with E-state index in [1.165, 1.54) is 0 Å². The first-order valence-electron chi connectivity index (χ1n) is 9.93. The summed E-state index contributed by atoms with van der Waals surface area (Å²) in [4.78, 5) is 26.8.